The third kappa shape index (κ3) is 6.00. The Bertz CT molecular complexity index is 1030. The molecule has 7 nitrogen and oxygen atoms in total. The number of carbonyl (C=O) groups excluding carboxylic acids is 2. The van der Waals surface area contributed by atoms with E-state index in [2.05, 4.69) is 28.1 Å². The topological polar surface area (TPSA) is 86.8 Å². The Morgan fingerprint density at radius 1 is 1.09 bits per heavy atom. The molecule has 0 radical (unpaired) electrons. The van der Waals surface area contributed by atoms with Gasteiger partial charge < -0.3 is 10.2 Å². The minimum Gasteiger partial charge on any atom is -0.337 e. The summed E-state index contributed by atoms with van der Waals surface area (Å²) in [7, 11) is -2.98. The summed E-state index contributed by atoms with van der Waals surface area (Å²) in [5.74, 6) is 0.677. The third-order valence-electron chi connectivity index (χ3n) is 7.83. The van der Waals surface area contributed by atoms with Gasteiger partial charge >= 0.3 is 0 Å². The summed E-state index contributed by atoms with van der Waals surface area (Å²) in [6.45, 7) is 9.48. The molecule has 3 aliphatic rings. The molecule has 34 heavy (non-hydrogen) atoms. The van der Waals surface area contributed by atoms with Crippen molar-refractivity contribution in [2.24, 2.45) is 11.8 Å². The number of benzene rings is 1. The highest BCUT2D eigenvalue weighted by molar-refractivity contribution is 7.91. The number of amides is 2. The largest absolute Gasteiger partial charge is 0.337 e. The van der Waals surface area contributed by atoms with Gasteiger partial charge in [-0.1, -0.05) is 18.9 Å². The molecule has 2 saturated heterocycles. The number of sulfone groups is 1. The lowest BCUT2D eigenvalue weighted by Gasteiger charge is -2.41. The zero-order chi connectivity index (χ0) is 24.5. The van der Waals surface area contributed by atoms with E-state index in [1.165, 1.54) is 18.4 Å². The van der Waals surface area contributed by atoms with Crippen molar-refractivity contribution >= 4 is 27.3 Å². The van der Waals surface area contributed by atoms with Gasteiger partial charge in [-0.05, 0) is 68.7 Å². The summed E-state index contributed by atoms with van der Waals surface area (Å²) in [4.78, 5) is 30.0. The summed E-state index contributed by atoms with van der Waals surface area (Å²) in [5, 5.41) is 3.04. The third-order valence-corrected chi connectivity index (χ3v) is 9.66. The molecule has 1 aromatic carbocycles. The molecule has 2 amide bonds. The minimum atomic E-state index is -2.98. The molecule has 1 saturated carbocycles. The first-order valence-electron chi connectivity index (χ1n) is 12.7. The first-order chi connectivity index (χ1) is 16.1. The predicted molar refractivity (Wildman–Crippen MR) is 134 cm³/mol. The molecule has 1 N–H and O–H groups in total. The number of aryl methyl sites for hydroxylation is 1. The maximum atomic E-state index is 12.9. The van der Waals surface area contributed by atoms with E-state index in [1.807, 2.05) is 19.9 Å². The highest BCUT2D eigenvalue weighted by Gasteiger charge is 2.33. The van der Waals surface area contributed by atoms with E-state index in [0.29, 0.717) is 12.3 Å². The average Bonchev–Trinajstić information content (AvgIpc) is 3.40. The van der Waals surface area contributed by atoms with Crippen LogP contribution in [-0.4, -0.2) is 67.2 Å². The molecule has 8 heteroatoms. The fourth-order valence-corrected chi connectivity index (χ4v) is 7.74. The number of piperazine rings is 1. The van der Waals surface area contributed by atoms with Gasteiger partial charge in [-0.2, -0.15) is 0 Å². The Morgan fingerprint density at radius 2 is 1.82 bits per heavy atom. The summed E-state index contributed by atoms with van der Waals surface area (Å²) >= 11 is 0. The molecule has 2 aliphatic heterocycles. The monoisotopic (exact) mass is 489 g/mol. The van der Waals surface area contributed by atoms with Crippen LogP contribution >= 0.6 is 0 Å². The second kappa shape index (κ2) is 10.4. The molecule has 0 aromatic heterocycles. The van der Waals surface area contributed by atoms with Gasteiger partial charge in [0.2, 0.25) is 11.8 Å². The predicted octanol–water partition coefficient (Wildman–Crippen LogP) is 3.29. The number of anilines is 1. The zero-order valence-corrected chi connectivity index (χ0v) is 21.6. The van der Waals surface area contributed by atoms with Crippen molar-refractivity contribution in [1.29, 1.82) is 0 Å². The van der Waals surface area contributed by atoms with Crippen LogP contribution in [0.4, 0.5) is 5.69 Å². The minimum absolute atomic E-state index is 0.0840. The molecular weight excluding hydrogens is 450 g/mol. The summed E-state index contributed by atoms with van der Waals surface area (Å²) in [6, 6.07) is 4.37. The van der Waals surface area contributed by atoms with Crippen LogP contribution in [0.2, 0.25) is 0 Å². The Morgan fingerprint density at radius 3 is 2.47 bits per heavy atom. The van der Waals surface area contributed by atoms with Gasteiger partial charge in [0.05, 0.1) is 11.5 Å². The van der Waals surface area contributed by atoms with Crippen LogP contribution in [0.5, 0.6) is 0 Å². The van der Waals surface area contributed by atoms with Crippen molar-refractivity contribution in [3.05, 3.63) is 28.8 Å². The summed E-state index contributed by atoms with van der Waals surface area (Å²) < 4.78 is 23.4. The quantitative estimate of drug-likeness (QED) is 0.663. The van der Waals surface area contributed by atoms with Gasteiger partial charge in [0.25, 0.3) is 0 Å². The average molecular weight is 490 g/mol. The number of rotatable bonds is 6. The van der Waals surface area contributed by atoms with Gasteiger partial charge in [-0.25, -0.2) is 8.42 Å². The van der Waals surface area contributed by atoms with Crippen molar-refractivity contribution in [1.82, 2.24) is 9.80 Å². The fourth-order valence-electron chi connectivity index (χ4n) is 5.88. The van der Waals surface area contributed by atoms with Crippen LogP contribution in [0, 0.1) is 25.7 Å². The molecule has 2 atom stereocenters. The molecule has 4 rings (SSSR count). The van der Waals surface area contributed by atoms with Gasteiger partial charge in [0.1, 0.15) is 0 Å². The summed E-state index contributed by atoms with van der Waals surface area (Å²) in [5.41, 5.74) is 4.13. The number of carbonyl (C=O) groups is 2. The van der Waals surface area contributed by atoms with Crippen molar-refractivity contribution in [3.63, 3.8) is 0 Å². The van der Waals surface area contributed by atoms with E-state index in [9.17, 15) is 18.0 Å². The number of hydrogen-bond donors (Lipinski definition) is 1. The molecule has 0 spiro atoms. The first kappa shape index (κ1) is 25.2. The van der Waals surface area contributed by atoms with E-state index < -0.39 is 9.84 Å². The molecule has 1 aromatic rings. The Balaban J connectivity index is 1.36. The number of nitrogens with one attached hydrogen (secondary N) is 1. The molecule has 2 heterocycles. The fraction of sp³-hybridized carbons (Fsp3) is 0.692. The highest BCUT2D eigenvalue weighted by atomic mass is 32.2. The van der Waals surface area contributed by atoms with Crippen molar-refractivity contribution in [3.8, 4) is 0 Å². The second-order valence-electron chi connectivity index (χ2n) is 10.7. The Kier molecular flexibility index (Phi) is 7.67. The standard InChI is InChI=1S/C26H39N3O4S/c1-18-12-23(16-28-9-10-29(19(2)15-28)26(31)22-6-4-5-7-22)20(3)24(13-18)27-25(30)14-21-8-11-34(32,33)17-21/h12-13,19,21-22H,4-11,14-17H2,1-3H3,(H,27,30)/t19-,21?/m0/s1. The van der Waals surface area contributed by atoms with Gasteiger partial charge in [0, 0.05) is 50.2 Å². The molecular formula is C26H39N3O4S. The van der Waals surface area contributed by atoms with Crippen LogP contribution in [-0.2, 0) is 26.0 Å². The molecule has 0 bridgehead atoms. The maximum absolute atomic E-state index is 12.9. The van der Waals surface area contributed by atoms with Gasteiger partial charge in [-0.3, -0.25) is 14.5 Å². The SMILES string of the molecule is Cc1cc(CN2CCN(C(=O)C3CCCC3)[C@@H](C)C2)c(C)c(NC(=O)CC2CCS(=O)(=O)C2)c1. The normalized spacial score (nSPS) is 25.6. The zero-order valence-electron chi connectivity index (χ0n) is 20.8. The van der Waals surface area contributed by atoms with Crippen LogP contribution in [0.15, 0.2) is 12.1 Å². The first-order valence-corrected chi connectivity index (χ1v) is 14.6. The summed E-state index contributed by atoms with van der Waals surface area (Å²) in [6.07, 6.45) is 5.25. The highest BCUT2D eigenvalue weighted by Crippen LogP contribution is 2.29. The van der Waals surface area contributed by atoms with Crippen LogP contribution in [0.1, 0.15) is 62.1 Å². The van der Waals surface area contributed by atoms with E-state index in [-0.39, 0.29) is 41.7 Å². The van der Waals surface area contributed by atoms with Crippen LogP contribution in [0.3, 0.4) is 0 Å². The molecule has 1 aliphatic carbocycles. The van der Waals surface area contributed by atoms with Gasteiger partial charge in [0.15, 0.2) is 9.84 Å². The lowest BCUT2D eigenvalue weighted by Crippen LogP contribution is -2.54. The van der Waals surface area contributed by atoms with E-state index in [4.69, 9.17) is 0 Å². The molecule has 1 unspecified atom stereocenters. The second-order valence-corrected chi connectivity index (χ2v) is 12.9. The van der Waals surface area contributed by atoms with Crippen molar-refractivity contribution < 1.29 is 18.0 Å². The molecule has 3 fully saturated rings. The number of hydrogen-bond acceptors (Lipinski definition) is 5. The van der Waals surface area contributed by atoms with Crippen molar-refractivity contribution in [2.75, 3.05) is 36.5 Å². The van der Waals surface area contributed by atoms with E-state index in [1.54, 1.807) is 0 Å². The molecule has 188 valence electrons. The van der Waals surface area contributed by atoms with E-state index in [0.717, 1.165) is 55.8 Å². The van der Waals surface area contributed by atoms with Crippen molar-refractivity contribution in [2.45, 2.75) is 71.9 Å². The van der Waals surface area contributed by atoms with E-state index >= 15 is 0 Å². The van der Waals surface area contributed by atoms with Crippen LogP contribution in [0.25, 0.3) is 0 Å². The van der Waals surface area contributed by atoms with Gasteiger partial charge in [-0.15, -0.1) is 0 Å². The smallest absolute Gasteiger partial charge is 0.226 e. The maximum Gasteiger partial charge on any atom is 0.226 e. The Labute approximate surface area is 204 Å². The Hall–Kier alpha value is -1.93. The van der Waals surface area contributed by atoms with Crippen LogP contribution < -0.4 is 5.32 Å². The lowest BCUT2D eigenvalue weighted by molar-refractivity contribution is -0.140. The lowest BCUT2D eigenvalue weighted by atomic mass is 10.0. The number of nitrogens with zero attached hydrogens (tertiary/aromatic N) is 2.